The minimum atomic E-state index is 0.311. The Hall–Kier alpha value is -0.410. The third-order valence-electron chi connectivity index (χ3n) is 6.37. The van der Waals surface area contributed by atoms with Crippen molar-refractivity contribution in [2.45, 2.75) is 71.3 Å². The average Bonchev–Trinajstić information content (AvgIpc) is 2.64. The van der Waals surface area contributed by atoms with Crippen LogP contribution < -0.4 is 5.73 Å². The Morgan fingerprint density at radius 3 is 2.19 bits per heavy atom. The molecule has 1 heterocycles. The zero-order valence-corrected chi connectivity index (χ0v) is 14.2. The van der Waals surface area contributed by atoms with Crippen molar-refractivity contribution in [3.05, 3.63) is 15.6 Å². The maximum absolute atomic E-state index is 6.55. The number of nitrogens with two attached hydrogens (primary N) is 1. The SMILES string of the molecule is Cc1nc(CC(N)CC23CC4CC(CC(C4)C2)C3)sc1C. The lowest BCUT2D eigenvalue weighted by atomic mass is 9.48. The Balaban J connectivity index is 1.43. The van der Waals surface area contributed by atoms with Crippen molar-refractivity contribution in [2.75, 3.05) is 0 Å². The molecule has 116 valence electrons. The van der Waals surface area contributed by atoms with Gasteiger partial charge < -0.3 is 5.73 Å². The lowest BCUT2D eigenvalue weighted by Crippen LogP contribution is -2.48. The molecule has 2 N–H and O–H groups in total. The van der Waals surface area contributed by atoms with E-state index >= 15 is 0 Å². The summed E-state index contributed by atoms with van der Waals surface area (Å²) in [5.74, 6) is 3.11. The van der Waals surface area contributed by atoms with Crippen molar-refractivity contribution in [3.8, 4) is 0 Å². The highest BCUT2D eigenvalue weighted by Crippen LogP contribution is 2.61. The van der Waals surface area contributed by atoms with E-state index in [9.17, 15) is 0 Å². The highest BCUT2D eigenvalue weighted by Gasteiger charge is 2.50. The van der Waals surface area contributed by atoms with Crippen LogP contribution in [0, 0.1) is 37.0 Å². The monoisotopic (exact) mass is 304 g/mol. The molecule has 0 aliphatic heterocycles. The Morgan fingerprint density at radius 1 is 1.14 bits per heavy atom. The molecule has 1 unspecified atom stereocenters. The van der Waals surface area contributed by atoms with E-state index in [0.29, 0.717) is 11.5 Å². The topological polar surface area (TPSA) is 38.9 Å². The van der Waals surface area contributed by atoms with E-state index in [1.807, 2.05) is 11.3 Å². The molecule has 0 amide bonds. The zero-order valence-electron chi connectivity index (χ0n) is 13.4. The van der Waals surface area contributed by atoms with Crippen molar-refractivity contribution in [1.29, 1.82) is 0 Å². The predicted molar refractivity (Wildman–Crippen MR) is 88.5 cm³/mol. The fourth-order valence-electron chi connectivity index (χ4n) is 6.02. The molecule has 1 aromatic heterocycles. The molecule has 5 rings (SSSR count). The summed E-state index contributed by atoms with van der Waals surface area (Å²) in [7, 11) is 0. The predicted octanol–water partition coefficient (Wildman–Crippen LogP) is 4.24. The van der Waals surface area contributed by atoms with Gasteiger partial charge in [0.05, 0.1) is 10.7 Å². The lowest BCUT2D eigenvalue weighted by Gasteiger charge is -2.57. The summed E-state index contributed by atoms with van der Waals surface area (Å²) in [5.41, 5.74) is 8.35. The van der Waals surface area contributed by atoms with E-state index < -0.39 is 0 Å². The van der Waals surface area contributed by atoms with Gasteiger partial charge in [0.25, 0.3) is 0 Å². The summed E-state index contributed by atoms with van der Waals surface area (Å²) in [6, 6.07) is 0.311. The van der Waals surface area contributed by atoms with Crippen LogP contribution in [0.3, 0.4) is 0 Å². The zero-order chi connectivity index (χ0) is 14.6. The second-order valence-electron chi connectivity index (χ2n) is 8.34. The number of rotatable bonds is 4. The molecule has 0 saturated heterocycles. The van der Waals surface area contributed by atoms with Crippen molar-refractivity contribution < 1.29 is 0 Å². The first-order chi connectivity index (χ1) is 10.0. The van der Waals surface area contributed by atoms with E-state index in [-0.39, 0.29) is 0 Å². The first-order valence-electron chi connectivity index (χ1n) is 8.70. The molecule has 0 radical (unpaired) electrons. The minimum absolute atomic E-state index is 0.311. The van der Waals surface area contributed by atoms with Crippen LogP contribution >= 0.6 is 11.3 Å². The number of aryl methyl sites for hydroxylation is 2. The van der Waals surface area contributed by atoms with Gasteiger partial charge in [-0.15, -0.1) is 11.3 Å². The molecule has 4 aliphatic carbocycles. The van der Waals surface area contributed by atoms with Crippen LogP contribution in [-0.4, -0.2) is 11.0 Å². The molecule has 3 heteroatoms. The van der Waals surface area contributed by atoms with Crippen LogP contribution in [0.25, 0.3) is 0 Å². The second kappa shape index (κ2) is 5.06. The number of aromatic nitrogens is 1. The maximum Gasteiger partial charge on any atom is 0.0946 e. The molecule has 21 heavy (non-hydrogen) atoms. The maximum atomic E-state index is 6.55. The molecule has 0 aromatic carbocycles. The Morgan fingerprint density at radius 2 is 1.71 bits per heavy atom. The summed E-state index contributed by atoms with van der Waals surface area (Å²) < 4.78 is 0. The minimum Gasteiger partial charge on any atom is -0.327 e. The average molecular weight is 305 g/mol. The van der Waals surface area contributed by atoms with Gasteiger partial charge in [0.1, 0.15) is 0 Å². The quantitative estimate of drug-likeness (QED) is 0.903. The van der Waals surface area contributed by atoms with Gasteiger partial charge in [-0.25, -0.2) is 4.98 Å². The summed E-state index contributed by atoms with van der Waals surface area (Å²) in [4.78, 5) is 6.04. The second-order valence-corrected chi connectivity index (χ2v) is 9.62. The number of hydrogen-bond acceptors (Lipinski definition) is 3. The summed E-state index contributed by atoms with van der Waals surface area (Å²) >= 11 is 1.84. The fourth-order valence-corrected chi connectivity index (χ4v) is 7.05. The summed E-state index contributed by atoms with van der Waals surface area (Å²) in [6.45, 7) is 4.28. The summed E-state index contributed by atoms with van der Waals surface area (Å²) in [5, 5.41) is 1.25. The van der Waals surface area contributed by atoms with Crippen molar-refractivity contribution in [1.82, 2.24) is 4.98 Å². The smallest absolute Gasteiger partial charge is 0.0946 e. The Labute approximate surface area is 132 Å². The summed E-state index contributed by atoms with van der Waals surface area (Å²) in [6.07, 6.45) is 11.2. The van der Waals surface area contributed by atoms with Crippen LogP contribution in [0.1, 0.15) is 60.5 Å². The van der Waals surface area contributed by atoms with Gasteiger partial charge >= 0.3 is 0 Å². The third kappa shape index (κ3) is 2.68. The van der Waals surface area contributed by atoms with Crippen LogP contribution in [0.5, 0.6) is 0 Å². The third-order valence-corrected chi connectivity index (χ3v) is 7.47. The Bertz CT molecular complexity index is 479. The van der Waals surface area contributed by atoms with Crippen molar-refractivity contribution in [2.24, 2.45) is 28.9 Å². The highest BCUT2D eigenvalue weighted by molar-refractivity contribution is 7.11. The highest BCUT2D eigenvalue weighted by atomic mass is 32.1. The lowest BCUT2D eigenvalue weighted by molar-refractivity contribution is -0.0602. The van der Waals surface area contributed by atoms with Gasteiger partial charge in [-0.3, -0.25) is 0 Å². The van der Waals surface area contributed by atoms with Crippen LogP contribution in [0.15, 0.2) is 0 Å². The molecule has 4 aliphatic rings. The number of nitrogens with zero attached hydrogens (tertiary/aromatic N) is 1. The number of hydrogen-bond donors (Lipinski definition) is 1. The van der Waals surface area contributed by atoms with Gasteiger partial charge in [0.15, 0.2) is 0 Å². The van der Waals surface area contributed by atoms with E-state index in [1.54, 1.807) is 0 Å². The van der Waals surface area contributed by atoms with Gasteiger partial charge in [0.2, 0.25) is 0 Å². The molecule has 1 aromatic rings. The van der Waals surface area contributed by atoms with E-state index in [1.165, 1.54) is 60.5 Å². The molecule has 4 bridgehead atoms. The van der Waals surface area contributed by atoms with Gasteiger partial charge in [-0.05, 0) is 82.0 Å². The standard InChI is InChI=1S/C18H28N2S/c1-11-12(2)21-17(20-11)6-16(19)10-18-7-13-3-14(8-18)5-15(4-13)9-18/h13-16H,3-10,19H2,1-2H3. The first-order valence-corrected chi connectivity index (χ1v) is 9.51. The normalized spacial score (nSPS) is 38.9. The largest absolute Gasteiger partial charge is 0.327 e. The van der Waals surface area contributed by atoms with Gasteiger partial charge in [-0.2, -0.15) is 0 Å². The molecule has 4 fully saturated rings. The molecular formula is C18H28N2S. The van der Waals surface area contributed by atoms with E-state index in [0.717, 1.165) is 24.2 Å². The van der Waals surface area contributed by atoms with E-state index in [2.05, 4.69) is 18.8 Å². The molecule has 1 atom stereocenters. The molecular weight excluding hydrogens is 276 g/mol. The molecule has 2 nitrogen and oxygen atoms in total. The van der Waals surface area contributed by atoms with Crippen molar-refractivity contribution >= 4 is 11.3 Å². The van der Waals surface area contributed by atoms with Crippen molar-refractivity contribution in [3.63, 3.8) is 0 Å². The first kappa shape index (κ1) is 14.2. The molecule has 4 saturated carbocycles. The number of thiazole rings is 1. The van der Waals surface area contributed by atoms with Gasteiger partial charge in [0, 0.05) is 17.3 Å². The Kier molecular flexibility index (Phi) is 3.42. The fraction of sp³-hybridized carbons (Fsp3) is 0.833. The van der Waals surface area contributed by atoms with Gasteiger partial charge in [-0.1, -0.05) is 0 Å². The van der Waals surface area contributed by atoms with Crippen LogP contribution in [0.2, 0.25) is 0 Å². The van der Waals surface area contributed by atoms with E-state index in [4.69, 9.17) is 5.73 Å². The van der Waals surface area contributed by atoms with Crippen LogP contribution in [0.4, 0.5) is 0 Å². The van der Waals surface area contributed by atoms with Crippen LogP contribution in [-0.2, 0) is 6.42 Å². The molecule has 0 spiro atoms.